The number of fused-ring (bicyclic) bond motifs is 1. The topological polar surface area (TPSA) is 73.6 Å². The van der Waals surface area contributed by atoms with Crippen LogP contribution < -0.4 is 14.8 Å². The molecule has 0 saturated carbocycles. The Morgan fingerprint density at radius 2 is 2.06 bits per heavy atom. The summed E-state index contributed by atoms with van der Waals surface area (Å²) in [5.41, 5.74) is 1.43. The first-order valence-electron chi connectivity index (χ1n) is 9.02. The number of carbonyl (C=O) groups is 1. The summed E-state index contributed by atoms with van der Waals surface area (Å²) in [4.78, 5) is 16.7. The first-order valence-corrected chi connectivity index (χ1v) is 10.2. The van der Waals surface area contributed by atoms with Crippen molar-refractivity contribution in [2.75, 3.05) is 5.32 Å². The molecular weight excluding hydrogens is 450 g/mol. The fourth-order valence-corrected chi connectivity index (χ4v) is 3.91. The first-order chi connectivity index (χ1) is 14.9. The molecule has 2 aromatic carbocycles. The molecule has 160 valence electrons. The van der Waals surface area contributed by atoms with Gasteiger partial charge in [-0.25, -0.2) is 4.98 Å². The maximum Gasteiger partial charge on any atom is 0.387 e. The SMILES string of the molecule is Cc1cc(Cl)ccc1OCc1ccc(C(=O)Nc2nc3ccc(OC(F)F)cc3s2)o1. The number of benzene rings is 2. The molecule has 0 spiro atoms. The summed E-state index contributed by atoms with van der Waals surface area (Å²) in [6.07, 6.45) is 0. The Kier molecular flexibility index (Phi) is 6.06. The monoisotopic (exact) mass is 464 g/mol. The smallest absolute Gasteiger partial charge is 0.387 e. The number of amides is 1. The summed E-state index contributed by atoms with van der Waals surface area (Å²) >= 11 is 7.07. The van der Waals surface area contributed by atoms with Crippen LogP contribution >= 0.6 is 22.9 Å². The van der Waals surface area contributed by atoms with Gasteiger partial charge in [-0.15, -0.1) is 0 Å². The molecule has 0 aliphatic rings. The van der Waals surface area contributed by atoms with Crippen molar-refractivity contribution in [3.05, 3.63) is 70.6 Å². The Bertz CT molecular complexity index is 1240. The summed E-state index contributed by atoms with van der Waals surface area (Å²) in [7, 11) is 0. The molecule has 10 heteroatoms. The van der Waals surface area contributed by atoms with Crippen LogP contribution in [0.15, 0.2) is 52.9 Å². The van der Waals surface area contributed by atoms with Crippen molar-refractivity contribution >= 4 is 44.2 Å². The Morgan fingerprint density at radius 3 is 2.84 bits per heavy atom. The number of alkyl halides is 2. The van der Waals surface area contributed by atoms with E-state index in [0.717, 1.165) is 16.9 Å². The van der Waals surface area contributed by atoms with E-state index in [2.05, 4.69) is 15.0 Å². The van der Waals surface area contributed by atoms with E-state index in [1.54, 1.807) is 30.3 Å². The standard InChI is InChI=1S/C21H15ClF2N2O4S/c1-11-8-12(22)2-6-16(11)28-10-14-4-7-17(29-14)19(27)26-21-25-15-5-3-13(30-20(23)24)9-18(15)31-21/h2-9,20H,10H2,1H3,(H,25,26,27). The van der Waals surface area contributed by atoms with E-state index < -0.39 is 12.5 Å². The predicted molar refractivity (Wildman–Crippen MR) is 113 cm³/mol. The molecule has 6 nitrogen and oxygen atoms in total. The Balaban J connectivity index is 1.40. The number of aromatic nitrogens is 1. The number of anilines is 1. The van der Waals surface area contributed by atoms with E-state index in [9.17, 15) is 13.6 Å². The average Bonchev–Trinajstić information content (AvgIpc) is 3.33. The largest absolute Gasteiger partial charge is 0.485 e. The van der Waals surface area contributed by atoms with Crippen LogP contribution in [-0.2, 0) is 6.61 Å². The molecule has 1 N–H and O–H groups in total. The highest BCUT2D eigenvalue weighted by Gasteiger charge is 2.15. The molecule has 1 amide bonds. The van der Waals surface area contributed by atoms with Crippen LogP contribution in [0.2, 0.25) is 5.02 Å². The molecule has 0 fully saturated rings. The van der Waals surface area contributed by atoms with Gasteiger partial charge in [0.1, 0.15) is 23.9 Å². The number of halogens is 3. The third kappa shape index (κ3) is 5.12. The minimum absolute atomic E-state index is 0.0237. The Labute approximate surface area is 184 Å². The summed E-state index contributed by atoms with van der Waals surface area (Å²) in [6.45, 7) is -0.891. The maximum absolute atomic E-state index is 12.5. The van der Waals surface area contributed by atoms with Crippen LogP contribution in [-0.4, -0.2) is 17.5 Å². The minimum atomic E-state index is -2.91. The summed E-state index contributed by atoms with van der Waals surface area (Å²) in [5.74, 6) is 0.758. The van der Waals surface area contributed by atoms with Crippen LogP contribution in [0, 0.1) is 6.92 Å². The van der Waals surface area contributed by atoms with Crippen molar-refractivity contribution in [1.82, 2.24) is 4.98 Å². The highest BCUT2D eigenvalue weighted by molar-refractivity contribution is 7.22. The fraction of sp³-hybridized carbons (Fsp3) is 0.143. The third-order valence-corrected chi connectivity index (χ3v) is 5.37. The molecule has 0 aliphatic carbocycles. The molecule has 2 aromatic heterocycles. The van der Waals surface area contributed by atoms with E-state index in [4.69, 9.17) is 20.8 Å². The van der Waals surface area contributed by atoms with Crippen LogP contribution in [0.1, 0.15) is 21.9 Å². The Morgan fingerprint density at radius 1 is 1.23 bits per heavy atom. The first kappa shape index (κ1) is 21.1. The zero-order valence-electron chi connectivity index (χ0n) is 16.0. The zero-order chi connectivity index (χ0) is 22.0. The Hall–Kier alpha value is -3.17. The molecule has 0 bridgehead atoms. The average molecular weight is 465 g/mol. The second kappa shape index (κ2) is 8.91. The van der Waals surface area contributed by atoms with Gasteiger partial charge in [0.15, 0.2) is 10.9 Å². The molecule has 2 heterocycles. The highest BCUT2D eigenvalue weighted by Crippen LogP contribution is 2.30. The van der Waals surface area contributed by atoms with Gasteiger partial charge in [0.2, 0.25) is 0 Å². The van der Waals surface area contributed by atoms with Gasteiger partial charge in [0, 0.05) is 5.02 Å². The van der Waals surface area contributed by atoms with Crippen molar-refractivity contribution in [1.29, 1.82) is 0 Å². The number of carbonyl (C=O) groups excluding carboxylic acids is 1. The molecule has 0 atom stereocenters. The maximum atomic E-state index is 12.5. The summed E-state index contributed by atoms with van der Waals surface area (Å²) in [6, 6.07) is 12.8. The lowest BCUT2D eigenvalue weighted by molar-refractivity contribution is -0.0497. The molecule has 0 saturated heterocycles. The van der Waals surface area contributed by atoms with Gasteiger partial charge < -0.3 is 13.9 Å². The molecule has 4 aromatic rings. The van der Waals surface area contributed by atoms with Gasteiger partial charge >= 0.3 is 6.61 Å². The quantitative estimate of drug-likeness (QED) is 0.348. The highest BCUT2D eigenvalue weighted by atomic mass is 35.5. The van der Waals surface area contributed by atoms with E-state index in [1.165, 1.54) is 18.2 Å². The van der Waals surface area contributed by atoms with Gasteiger partial charge in [-0.3, -0.25) is 10.1 Å². The number of furan rings is 1. The number of ether oxygens (including phenoxy) is 2. The molecule has 0 unspecified atom stereocenters. The number of rotatable bonds is 7. The second-order valence-corrected chi connectivity index (χ2v) is 7.91. The molecule has 4 rings (SSSR count). The zero-order valence-corrected chi connectivity index (χ0v) is 17.6. The molecular formula is C21H15ClF2N2O4S. The van der Waals surface area contributed by atoms with E-state index in [1.807, 2.05) is 6.92 Å². The van der Waals surface area contributed by atoms with Crippen LogP contribution in [0.4, 0.5) is 13.9 Å². The van der Waals surface area contributed by atoms with Gasteiger partial charge in [0.25, 0.3) is 5.91 Å². The number of hydrogen-bond acceptors (Lipinski definition) is 6. The van der Waals surface area contributed by atoms with Crippen LogP contribution in [0.5, 0.6) is 11.5 Å². The van der Waals surface area contributed by atoms with E-state index in [-0.39, 0.29) is 18.1 Å². The third-order valence-electron chi connectivity index (χ3n) is 4.20. The normalized spacial score (nSPS) is 11.1. The van der Waals surface area contributed by atoms with Crippen molar-refractivity contribution in [2.24, 2.45) is 0 Å². The summed E-state index contributed by atoms with van der Waals surface area (Å²) in [5, 5.41) is 3.57. The molecule has 0 aliphatic heterocycles. The lowest BCUT2D eigenvalue weighted by Crippen LogP contribution is -2.10. The van der Waals surface area contributed by atoms with Gasteiger partial charge in [0.05, 0.1) is 10.2 Å². The number of nitrogens with zero attached hydrogens (tertiary/aromatic N) is 1. The number of thiazole rings is 1. The van der Waals surface area contributed by atoms with Crippen molar-refractivity contribution in [3.8, 4) is 11.5 Å². The lowest BCUT2D eigenvalue weighted by Gasteiger charge is -2.07. The number of aryl methyl sites for hydroxylation is 1. The number of hydrogen-bond donors (Lipinski definition) is 1. The lowest BCUT2D eigenvalue weighted by atomic mass is 10.2. The molecule has 31 heavy (non-hydrogen) atoms. The fourth-order valence-electron chi connectivity index (χ4n) is 2.79. The van der Waals surface area contributed by atoms with E-state index in [0.29, 0.717) is 31.9 Å². The van der Waals surface area contributed by atoms with Crippen molar-refractivity contribution in [2.45, 2.75) is 20.1 Å². The molecule has 0 radical (unpaired) electrons. The summed E-state index contributed by atoms with van der Waals surface area (Å²) < 4.78 is 41.0. The number of nitrogens with one attached hydrogen (secondary N) is 1. The van der Waals surface area contributed by atoms with Gasteiger partial charge in [-0.1, -0.05) is 22.9 Å². The van der Waals surface area contributed by atoms with Gasteiger partial charge in [-0.05, 0) is 61.0 Å². The van der Waals surface area contributed by atoms with Crippen LogP contribution in [0.3, 0.4) is 0 Å². The van der Waals surface area contributed by atoms with Crippen LogP contribution in [0.25, 0.3) is 10.2 Å². The predicted octanol–water partition coefficient (Wildman–Crippen LogP) is 6.28. The minimum Gasteiger partial charge on any atom is -0.485 e. The van der Waals surface area contributed by atoms with Crippen molar-refractivity contribution < 1.29 is 27.5 Å². The second-order valence-electron chi connectivity index (χ2n) is 6.45. The van der Waals surface area contributed by atoms with Crippen molar-refractivity contribution in [3.63, 3.8) is 0 Å². The van der Waals surface area contributed by atoms with Gasteiger partial charge in [-0.2, -0.15) is 8.78 Å². The van der Waals surface area contributed by atoms with E-state index >= 15 is 0 Å².